The Hall–Kier alpha value is -2.72. The topological polar surface area (TPSA) is 125 Å². The van der Waals surface area contributed by atoms with Crippen LogP contribution >= 0.6 is 0 Å². The van der Waals surface area contributed by atoms with Crippen LogP contribution in [0.15, 0.2) is 24.3 Å². The van der Waals surface area contributed by atoms with Gasteiger partial charge in [-0.15, -0.1) is 0 Å². The molecule has 1 spiro atoms. The van der Waals surface area contributed by atoms with Gasteiger partial charge < -0.3 is 29.7 Å². The van der Waals surface area contributed by atoms with Crippen LogP contribution < -0.4 is 5.32 Å². The van der Waals surface area contributed by atoms with Crippen molar-refractivity contribution >= 4 is 23.7 Å². The van der Waals surface area contributed by atoms with Gasteiger partial charge in [0.25, 0.3) is 0 Å². The zero-order chi connectivity index (χ0) is 25.3. The maximum absolute atomic E-state index is 14.0. The predicted octanol–water partition coefficient (Wildman–Crippen LogP) is 0.154. The maximum Gasteiger partial charge on any atom is 0.313 e. The van der Waals surface area contributed by atoms with E-state index < -0.39 is 41.7 Å². The van der Waals surface area contributed by atoms with Gasteiger partial charge in [-0.25, -0.2) is 0 Å². The Kier molecular flexibility index (Phi) is 7.32. The largest absolute Gasteiger partial charge is 0.460 e. The number of carbonyl (C=O) groups is 4. The average molecular weight is 490 g/mol. The van der Waals surface area contributed by atoms with E-state index in [-0.39, 0.29) is 49.9 Å². The molecule has 0 aromatic carbocycles. The summed E-state index contributed by atoms with van der Waals surface area (Å²) in [6.45, 7) is 6.00. The number of rotatable bonds is 4. The van der Waals surface area contributed by atoms with Gasteiger partial charge in [0.1, 0.15) is 23.7 Å². The molecule has 4 aliphatic heterocycles. The average Bonchev–Trinajstić information content (AvgIpc) is 3.44. The van der Waals surface area contributed by atoms with Crippen molar-refractivity contribution in [3.05, 3.63) is 24.3 Å². The number of carbonyl (C=O) groups excluding carboxylic acids is 4. The van der Waals surface area contributed by atoms with E-state index in [4.69, 9.17) is 9.47 Å². The highest BCUT2D eigenvalue weighted by Gasteiger charge is 2.73. The highest BCUT2D eigenvalue weighted by Crippen LogP contribution is 2.55. The second-order valence-corrected chi connectivity index (χ2v) is 9.96. The zero-order valence-corrected chi connectivity index (χ0v) is 20.5. The Morgan fingerprint density at radius 3 is 2.69 bits per heavy atom. The first kappa shape index (κ1) is 25.4. The Morgan fingerprint density at radius 1 is 1.20 bits per heavy atom. The van der Waals surface area contributed by atoms with Crippen LogP contribution in [0.1, 0.15) is 40.0 Å². The lowest BCUT2D eigenvalue weighted by Crippen LogP contribution is -2.57. The molecule has 4 heterocycles. The second-order valence-electron chi connectivity index (χ2n) is 9.96. The molecular weight excluding hydrogens is 454 g/mol. The fourth-order valence-electron chi connectivity index (χ4n) is 5.60. The number of cyclic esters (lactones) is 1. The lowest BCUT2D eigenvalue weighted by molar-refractivity contribution is -0.158. The number of hydrogen-bond acceptors (Lipinski definition) is 7. The number of likely N-dealkylation sites (tertiary alicyclic amines) is 1. The number of esters is 1. The van der Waals surface area contributed by atoms with Crippen molar-refractivity contribution in [2.75, 3.05) is 26.2 Å². The minimum atomic E-state index is -1.26. The molecule has 2 saturated heterocycles. The van der Waals surface area contributed by atoms with Crippen LogP contribution in [0.25, 0.3) is 0 Å². The van der Waals surface area contributed by atoms with Crippen molar-refractivity contribution in [3.63, 3.8) is 0 Å². The van der Waals surface area contributed by atoms with Crippen LogP contribution in [0, 0.1) is 11.8 Å². The van der Waals surface area contributed by atoms with E-state index in [0.717, 1.165) is 0 Å². The molecule has 3 amide bonds. The van der Waals surface area contributed by atoms with E-state index in [1.165, 1.54) is 4.90 Å². The van der Waals surface area contributed by atoms with Crippen molar-refractivity contribution in [1.29, 1.82) is 0 Å². The van der Waals surface area contributed by atoms with Gasteiger partial charge in [0.2, 0.25) is 17.7 Å². The van der Waals surface area contributed by atoms with Crippen molar-refractivity contribution in [2.24, 2.45) is 11.8 Å². The molecule has 4 aliphatic rings. The Bertz CT molecular complexity index is 932. The lowest BCUT2D eigenvalue weighted by atomic mass is 9.74. The quantitative estimate of drug-likeness (QED) is 0.425. The molecule has 2 N–H and O–H groups in total. The molecule has 0 unspecified atom stereocenters. The third-order valence-electron chi connectivity index (χ3n) is 7.25. The van der Waals surface area contributed by atoms with Gasteiger partial charge in [-0.1, -0.05) is 24.3 Å². The Balaban J connectivity index is 1.74. The minimum Gasteiger partial charge on any atom is -0.460 e. The fourth-order valence-corrected chi connectivity index (χ4v) is 5.60. The number of aliphatic hydroxyl groups is 1. The van der Waals surface area contributed by atoms with E-state index in [9.17, 15) is 24.3 Å². The van der Waals surface area contributed by atoms with Crippen molar-refractivity contribution in [1.82, 2.24) is 15.1 Å². The van der Waals surface area contributed by atoms with Crippen LogP contribution in [0.4, 0.5) is 0 Å². The summed E-state index contributed by atoms with van der Waals surface area (Å²) in [6, 6.07) is -1.11. The summed E-state index contributed by atoms with van der Waals surface area (Å²) < 4.78 is 11.9. The molecule has 4 rings (SSSR count). The molecule has 192 valence electrons. The molecule has 35 heavy (non-hydrogen) atoms. The van der Waals surface area contributed by atoms with E-state index in [2.05, 4.69) is 5.32 Å². The first-order valence-corrected chi connectivity index (χ1v) is 12.4. The molecule has 2 fully saturated rings. The highest BCUT2D eigenvalue weighted by molar-refractivity contribution is 5.99. The predicted molar refractivity (Wildman–Crippen MR) is 125 cm³/mol. The van der Waals surface area contributed by atoms with Crippen LogP contribution in [0.2, 0.25) is 0 Å². The molecular formula is C25H35N3O7. The van der Waals surface area contributed by atoms with Crippen LogP contribution in [-0.2, 0) is 28.7 Å². The Morgan fingerprint density at radius 2 is 1.97 bits per heavy atom. The van der Waals surface area contributed by atoms with Gasteiger partial charge in [-0.2, -0.15) is 0 Å². The molecule has 10 nitrogen and oxygen atoms in total. The van der Waals surface area contributed by atoms with Crippen LogP contribution in [0.5, 0.6) is 0 Å². The number of amides is 3. The first-order chi connectivity index (χ1) is 16.7. The van der Waals surface area contributed by atoms with E-state index >= 15 is 0 Å². The molecule has 10 heteroatoms. The van der Waals surface area contributed by atoms with Crippen LogP contribution in [0.3, 0.4) is 0 Å². The smallest absolute Gasteiger partial charge is 0.313 e. The molecule has 6 atom stereocenters. The Labute approximate surface area is 205 Å². The number of hydrogen-bond donors (Lipinski definition) is 2. The van der Waals surface area contributed by atoms with Gasteiger partial charge in [0.05, 0.1) is 18.6 Å². The summed E-state index contributed by atoms with van der Waals surface area (Å²) >= 11 is 0. The van der Waals surface area contributed by atoms with E-state index in [0.29, 0.717) is 19.4 Å². The second kappa shape index (κ2) is 10.1. The fraction of sp³-hybridized carbons (Fsp3) is 0.680. The lowest BCUT2D eigenvalue weighted by Gasteiger charge is -2.37. The number of fused-ring (bicyclic) bond motifs is 2. The summed E-state index contributed by atoms with van der Waals surface area (Å²) in [5, 5.41) is 12.2. The number of nitrogens with zero attached hydrogens (tertiary/aromatic N) is 2. The van der Waals surface area contributed by atoms with Crippen molar-refractivity contribution < 1.29 is 33.8 Å². The summed E-state index contributed by atoms with van der Waals surface area (Å²) in [4.78, 5) is 56.2. The summed E-state index contributed by atoms with van der Waals surface area (Å²) in [5.41, 5.74) is -1.26. The molecule has 0 aromatic heterocycles. The third kappa shape index (κ3) is 4.49. The molecule has 5 bridgehead atoms. The minimum absolute atomic E-state index is 0.132. The summed E-state index contributed by atoms with van der Waals surface area (Å²) in [6.07, 6.45) is 7.06. The molecule has 0 aliphatic carbocycles. The SMILES string of the molecule is CC(C)N1C/C=C\CCC(=O)NC[C@H](C)OC(=O)[C@@H]2[C@H]3C(=O)N(CCCO)[C@H](C1=O)[C@]31C=C[C@H]2O1. The maximum atomic E-state index is 14.0. The molecule has 0 saturated carbocycles. The number of ether oxygens (including phenoxy) is 2. The number of nitrogens with one attached hydrogen (secondary N) is 1. The zero-order valence-electron chi connectivity index (χ0n) is 20.5. The number of aliphatic hydroxyl groups excluding tert-OH is 1. The standard InChI is InChI=1S/C25H35N3O7/c1-15(2)27-11-6-4-5-8-18(30)26-14-16(3)34-24(33)19-17-9-10-25(35-17)20(19)22(31)28(12-7-13-29)21(25)23(27)32/h4,6,9-10,15-17,19-21,29H,5,7-8,11-14H2,1-3H3,(H,26,30)/b6-4-/t16-,17+,19-,20-,21+,25-/m0/s1. The summed E-state index contributed by atoms with van der Waals surface area (Å²) in [7, 11) is 0. The number of allylic oxidation sites excluding steroid dienone is 1. The molecule has 0 aromatic rings. The van der Waals surface area contributed by atoms with Crippen molar-refractivity contribution in [3.8, 4) is 0 Å². The molecule has 0 radical (unpaired) electrons. The van der Waals surface area contributed by atoms with E-state index in [1.807, 2.05) is 26.0 Å². The monoisotopic (exact) mass is 489 g/mol. The van der Waals surface area contributed by atoms with Gasteiger partial charge in [0.15, 0.2) is 0 Å². The van der Waals surface area contributed by atoms with Crippen molar-refractivity contribution in [2.45, 2.75) is 69.9 Å². The normalized spacial score (nSPS) is 36.5. The van der Waals surface area contributed by atoms with Gasteiger partial charge in [0, 0.05) is 32.2 Å². The summed E-state index contributed by atoms with van der Waals surface area (Å²) in [5.74, 6) is -3.12. The van der Waals surface area contributed by atoms with Gasteiger partial charge in [-0.3, -0.25) is 19.2 Å². The van der Waals surface area contributed by atoms with E-state index in [1.54, 1.807) is 24.0 Å². The van der Waals surface area contributed by atoms with Gasteiger partial charge in [-0.05, 0) is 33.6 Å². The highest BCUT2D eigenvalue weighted by atomic mass is 16.6. The van der Waals surface area contributed by atoms with Gasteiger partial charge >= 0.3 is 5.97 Å². The van der Waals surface area contributed by atoms with Crippen LogP contribution in [-0.4, -0.2) is 94.7 Å². The third-order valence-corrected chi connectivity index (χ3v) is 7.25. The first-order valence-electron chi connectivity index (χ1n) is 12.4.